The van der Waals surface area contributed by atoms with Gasteiger partial charge in [-0.3, -0.25) is 9.59 Å². The van der Waals surface area contributed by atoms with Crippen LogP contribution < -0.4 is 0 Å². The third-order valence-electron chi connectivity index (χ3n) is 3.56. The van der Waals surface area contributed by atoms with Gasteiger partial charge in [0.15, 0.2) is 0 Å². The van der Waals surface area contributed by atoms with E-state index in [1.807, 2.05) is 19.1 Å². The van der Waals surface area contributed by atoms with Crippen molar-refractivity contribution in [1.29, 1.82) is 0 Å². The van der Waals surface area contributed by atoms with E-state index in [-0.39, 0.29) is 17.9 Å². The number of carboxylic acids is 1. The lowest BCUT2D eigenvalue weighted by molar-refractivity contribution is -0.143. The summed E-state index contributed by atoms with van der Waals surface area (Å²) in [6.07, 6.45) is 1.05. The van der Waals surface area contributed by atoms with Gasteiger partial charge in [-0.25, -0.2) is 0 Å². The smallest absolute Gasteiger partial charge is 0.306 e. The molecule has 1 aliphatic rings. The number of hydrogen-bond acceptors (Lipinski definition) is 2. The summed E-state index contributed by atoms with van der Waals surface area (Å²) < 4.78 is 0.867. The van der Waals surface area contributed by atoms with E-state index in [2.05, 4.69) is 15.9 Å². The first-order valence-electron chi connectivity index (χ1n) is 6.28. The van der Waals surface area contributed by atoms with Crippen LogP contribution in [-0.2, 0) is 4.79 Å². The Kier molecular flexibility index (Phi) is 4.24. The van der Waals surface area contributed by atoms with E-state index in [0.717, 1.165) is 4.47 Å². The molecule has 5 heteroatoms. The number of nitrogens with zero attached hydrogens (tertiary/aromatic N) is 1. The molecule has 0 saturated carbocycles. The minimum absolute atomic E-state index is 0.0300. The minimum Gasteiger partial charge on any atom is -0.481 e. The predicted octanol–water partition coefficient (Wildman–Crippen LogP) is 2.77. The normalized spacial score (nSPS) is 23.2. The van der Waals surface area contributed by atoms with Crippen molar-refractivity contribution in [2.75, 3.05) is 6.54 Å². The van der Waals surface area contributed by atoms with Crippen LogP contribution in [0.4, 0.5) is 0 Å². The number of benzene rings is 1. The van der Waals surface area contributed by atoms with Crippen LogP contribution in [-0.4, -0.2) is 34.5 Å². The summed E-state index contributed by atoms with van der Waals surface area (Å²) in [6.45, 7) is 2.41. The summed E-state index contributed by atoms with van der Waals surface area (Å²) >= 11 is 3.35. The van der Waals surface area contributed by atoms with Crippen LogP contribution in [0.3, 0.4) is 0 Å². The summed E-state index contributed by atoms with van der Waals surface area (Å²) in [5.41, 5.74) is 0.634. The molecule has 102 valence electrons. The molecule has 2 unspecified atom stereocenters. The Morgan fingerprint density at radius 2 is 2.16 bits per heavy atom. The molecular weight excluding hydrogens is 310 g/mol. The number of hydrogen-bond donors (Lipinski definition) is 1. The van der Waals surface area contributed by atoms with E-state index in [1.54, 1.807) is 17.0 Å². The first kappa shape index (κ1) is 14.1. The van der Waals surface area contributed by atoms with E-state index in [0.29, 0.717) is 24.9 Å². The molecule has 2 rings (SSSR count). The van der Waals surface area contributed by atoms with Gasteiger partial charge in [0, 0.05) is 22.6 Å². The van der Waals surface area contributed by atoms with E-state index in [1.165, 1.54) is 0 Å². The van der Waals surface area contributed by atoms with Crippen LogP contribution in [0.1, 0.15) is 30.1 Å². The van der Waals surface area contributed by atoms with Crippen molar-refractivity contribution >= 4 is 27.8 Å². The number of likely N-dealkylation sites (tertiary alicyclic amines) is 1. The van der Waals surface area contributed by atoms with Crippen molar-refractivity contribution in [3.8, 4) is 0 Å². The average molecular weight is 326 g/mol. The number of amides is 1. The number of halogens is 1. The Morgan fingerprint density at radius 3 is 2.74 bits per heavy atom. The molecule has 1 saturated heterocycles. The average Bonchev–Trinajstić information content (AvgIpc) is 2.37. The molecule has 1 aromatic carbocycles. The summed E-state index contributed by atoms with van der Waals surface area (Å²) in [5.74, 6) is -1.12. The topological polar surface area (TPSA) is 57.6 Å². The molecule has 4 nitrogen and oxygen atoms in total. The fourth-order valence-electron chi connectivity index (χ4n) is 2.49. The van der Waals surface area contributed by atoms with Gasteiger partial charge in [0.05, 0.1) is 5.92 Å². The molecule has 1 aromatic rings. The third-order valence-corrected chi connectivity index (χ3v) is 4.05. The Hall–Kier alpha value is -1.36. The lowest BCUT2D eigenvalue weighted by atomic mass is 9.91. The molecule has 0 radical (unpaired) electrons. The molecule has 1 N–H and O–H groups in total. The summed E-state index contributed by atoms with van der Waals surface area (Å²) in [5, 5.41) is 9.02. The van der Waals surface area contributed by atoms with Crippen LogP contribution in [0.25, 0.3) is 0 Å². The van der Waals surface area contributed by atoms with E-state index < -0.39 is 5.97 Å². The molecule has 0 spiro atoms. The molecule has 0 aliphatic carbocycles. The zero-order valence-electron chi connectivity index (χ0n) is 10.7. The number of piperidine rings is 1. The Labute approximate surface area is 120 Å². The van der Waals surface area contributed by atoms with E-state index in [4.69, 9.17) is 5.11 Å². The van der Waals surface area contributed by atoms with Gasteiger partial charge in [-0.2, -0.15) is 0 Å². The van der Waals surface area contributed by atoms with Gasteiger partial charge in [-0.1, -0.05) is 22.0 Å². The maximum absolute atomic E-state index is 12.4. The Balaban J connectivity index is 2.11. The second-order valence-electron chi connectivity index (χ2n) is 4.92. The van der Waals surface area contributed by atoms with E-state index in [9.17, 15) is 9.59 Å². The number of aliphatic carboxylic acids is 1. The highest BCUT2D eigenvalue weighted by molar-refractivity contribution is 9.10. The molecule has 2 atom stereocenters. The highest BCUT2D eigenvalue weighted by Gasteiger charge is 2.32. The number of carboxylic acid groups (broad SMARTS) is 1. The molecule has 1 fully saturated rings. The second kappa shape index (κ2) is 5.74. The van der Waals surface area contributed by atoms with Crippen LogP contribution in [0.5, 0.6) is 0 Å². The largest absolute Gasteiger partial charge is 0.481 e. The van der Waals surface area contributed by atoms with Gasteiger partial charge in [0.2, 0.25) is 0 Å². The SMILES string of the molecule is CC1CC(C(=O)O)CCN1C(=O)c1cccc(Br)c1. The highest BCUT2D eigenvalue weighted by atomic mass is 79.9. The molecular formula is C14H16BrNO3. The van der Waals surface area contributed by atoms with Gasteiger partial charge in [-0.05, 0) is 38.0 Å². The van der Waals surface area contributed by atoms with E-state index >= 15 is 0 Å². The van der Waals surface area contributed by atoms with Crippen molar-refractivity contribution in [3.05, 3.63) is 34.3 Å². The van der Waals surface area contributed by atoms with Gasteiger partial charge in [-0.15, -0.1) is 0 Å². The highest BCUT2D eigenvalue weighted by Crippen LogP contribution is 2.25. The third kappa shape index (κ3) is 3.15. The molecule has 0 aromatic heterocycles. The monoisotopic (exact) mass is 325 g/mol. The summed E-state index contributed by atoms with van der Waals surface area (Å²) in [6, 6.07) is 7.23. The quantitative estimate of drug-likeness (QED) is 0.909. The number of carbonyl (C=O) groups is 2. The van der Waals surface area contributed by atoms with Crippen molar-refractivity contribution in [1.82, 2.24) is 4.90 Å². The summed E-state index contributed by atoms with van der Waals surface area (Å²) in [4.78, 5) is 25.1. The molecule has 1 aliphatic heterocycles. The standard InChI is InChI=1S/C14H16BrNO3/c1-9-7-11(14(18)19)5-6-16(9)13(17)10-3-2-4-12(15)8-10/h2-4,8-9,11H,5-7H2,1H3,(H,18,19). The number of rotatable bonds is 2. The Bertz CT molecular complexity index is 503. The van der Waals surface area contributed by atoms with Crippen LogP contribution in [0.2, 0.25) is 0 Å². The van der Waals surface area contributed by atoms with Gasteiger partial charge in [0.1, 0.15) is 0 Å². The first-order chi connectivity index (χ1) is 8.99. The van der Waals surface area contributed by atoms with Gasteiger partial charge >= 0.3 is 5.97 Å². The molecule has 1 amide bonds. The predicted molar refractivity (Wildman–Crippen MR) is 75.0 cm³/mol. The zero-order valence-corrected chi connectivity index (χ0v) is 12.3. The van der Waals surface area contributed by atoms with Crippen molar-refractivity contribution < 1.29 is 14.7 Å². The van der Waals surface area contributed by atoms with Gasteiger partial charge in [0.25, 0.3) is 5.91 Å². The fourth-order valence-corrected chi connectivity index (χ4v) is 2.88. The van der Waals surface area contributed by atoms with Crippen LogP contribution >= 0.6 is 15.9 Å². The minimum atomic E-state index is -0.763. The lowest BCUT2D eigenvalue weighted by Crippen LogP contribution is -2.46. The summed E-state index contributed by atoms with van der Waals surface area (Å²) in [7, 11) is 0. The zero-order chi connectivity index (χ0) is 14.0. The van der Waals surface area contributed by atoms with Crippen molar-refractivity contribution in [3.63, 3.8) is 0 Å². The van der Waals surface area contributed by atoms with Crippen LogP contribution in [0.15, 0.2) is 28.7 Å². The van der Waals surface area contributed by atoms with Crippen molar-refractivity contribution in [2.24, 2.45) is 5.92 Å². The first-order valence-corrected chi connectivity index (χ1v) is 7.07. The van der Waals surface area contributed by atoms with Crippen LogP contribution in [0, 0.1) is 5.92 Å². The Morgan fingerprint density at radius 1 is 1.42 bits per heavy atom. The maximum atomic E-state index is 12.4. The fraction of sp³-hybridized carbons (Fsp3) is 0.429. The molecule has 19 heavy (non-hydrogen) atoms. The lowest BCUT2D eigenvalue weighted by Gasteiger charge is -2.36. The molecule has 0 bridgehead atoms. The number of carbonyl (C=O) groups excluding carboxylic acids is 1. The molecule has 1 heterocycles. The maximum Gasteiger partial charge on any atom is 0.306 e. The van der Waals surface area contributed by atoms with Crippen molar-refractivity contribution in [2.45, 2.75) is 25.8 Å². The van der Waals surface area contributed by atoms with Gasteiger partial charge < -0.3 is 10.0 Å². The second-order valence-corrected chi connectivity index (χ2v) is 5.83.